The minimum atomic E-state index is 0.442. The van der Waals surface area contributed by atoms with E-state index < -0.39 is 0 Å². The number of likely N-dealkylation sites (tertiary alicyclic amines) is 1. The van der Waals surface area contributed by atoms with Crippen LogP contribution < -0.4 is 5.32 Å². The van der Waals surface area contributed by atoms with E-state index in [1.54, 1.807) is 0 Å². The maximum Gasteiger partial charge on any atom is 0.0707 e. The summed E-state index contributed by atoms with van der Waals surface area (Å²) < 4.78 is 6.23. The molecule has 0 aromatic carbocycles. The Kier molecular flexibility index (Phi) is 6.51. The summed E-state index contributed by atoms with van der Waals surface area (Å²) in [5.41, 5.74) is 0.536. The molecule has 0 spiro atoms. The third kappa shape index (κ3) is 6.25. The fourth-order valence-electron chi connectivity index (χ4n) is 3.55. The van der Waals surface area contributed by atoms with E-state index in [4.69, 9.17) is 4.74 Å². The van der Waals surface area contributed by atoms with Crippen molar-refractivity contribution in [3.05, 3.63) is 0 Å². The van der Waals surface area contributed by atoms with Gasteiger partial charge in [0.05, 0.1) is 12.2 Å². The molecule has 2 rings (SSSR count). The van der Waals surface area contributed by atoms with Gasteiger partial charge in [-0.1, -0.05) is 27.7 Å². The molecule has 0 aliphatic carbocycles. The number of ether oxygens (including phenoxy) is 1. The van der Waals surface area contributed by atoms with Gasteiger partial charge in [-0.25, -0.2) is 0 Å². The van der Waals surface area contributed by atoms with E-state index in [2.05, 4.69) is 37.9 Å². The molecule has 2 unspecified atom stereocenters. The molecule has 0 saturated carbocycles. The first-order valence-corrected chi connectivity index (χ1v) is 9.03. The zero-order chi connectivity index (χ0) is 15.3. The van der Waals surface area contributed by atoms with E-state index in [1.165, 1.54) is 45.2 Å². The second-order valence-corrected chi connectivity index (χ2v) is 8.33. The van der Waals surface area contributed by atoms with Gasteiger partial charge in [0, 0.05) is 13.1 Å². The van der Waals surface area contributed by atoms with Gasteiger partial charge >= 0.3 is 0 Å². The Morgan fingerprint density at radius 1 is 1.14 bits per heavy atom. The van der Waals surface area contributed by atoms with E-state index >= 15 is 0 Å². The van der Waals surface area contributed by atoms with Gasteiger partial charge in [0.1, 0.15) is 0 Å². The van der Waals surface area contributed by atoms with Crippen LogP contribution in [-0.4, -0.2) is 49.8 Å². The maximum absolute atomic E-state index is 6.23. The molecule has 2 saturated heterocycles. The van der Waals surface area contributed by atoms with Gasteiger partial charge in [0.2, 0.25) is 0 Å². The molecular weight excluding hydrogens is 260 g/mol. The van der Waals surface area contributed by atoms with Crippen LogP contribution in [0.25, 0.3) is 0 Å². The molecule has 0 radical (unpaired) electrons. The third-order valence-corrected chi connectivity index (χ3v) is 5.01. The molecule has 0 aromatic rings. The molecule has 3 heteroatoms. The highest BCUT2D eigenvalue weighted by molar-refractivity contribution is 4.81. The monoisotopic (exact) mass is 296 g/mol. The van der Waals surface area contributed by atoms with E-state index in [1.807, 2.05) is 0 Å². The molecule has 2 atom stereocenters. The summed E-state index contributed by atoms with van der Waals surface area (Å²) in [7, 11) is 0. The van der Waals surface area contributed by atoms with Crippen molar-refractivity contribution in [2.24, 2.45) is 11.3 Å². The summed E-state index contributed by atoms with van der Waals surface area (Å²) in [4.78, 5) is 2.64. The van der Waals surface area contributed by atoms with Crippen LogP contribution in [-0.2, 0) is 4.74 Å². The highest BCUT2D eigenvalue weighted by atomic mass is 16.5. The van der Waals surface area contributed by atoms with Crippen LogP contribution in [0.5, 0.6) is 0 Å². The van der Waals surface area contributed by atoms with Crippen LogP contribution in [0.3, 0.4) is 0 Å². The predicted octanol–water partition coefficient (Wildman–Crippen LogP) is 3.29. The Labute approximate surface area is 131 Å². The summed E-state index contributed by atoms with van der Waals surface area (Å²) in [5.74, 6) is 0.725. The molecular formula is C18H36N2O. The Hall–Kier alpha value is -0.120. The summed E-state index contributed by atoms with van der Waals surface area (Å²) in [6.45, 7) is 15.1. The molecule has 2 aliphatic heterocycles. The summed E-state index contributed by atoms with van der Waals surface area (Å²) in [6, 6.07) is 0. The van der Waals surface area contributed by atoms with Gasteiger partial charge in [-0.2, -0.15) is 0 Å². The molecule has 2 fully saturated rings. The van der Waals surface area contributed by atoms with Gasteiger partial charge in [0.15, 0.2) is 0 Å². The quantitative estimate of drug-likeness (QED) is 0.814. The average molecular weight is 296 g/mol. The van der Waals surface area contributed by atoms with Crippen LogP contribution in [0, 0.1) is 11.3 Å². The highest BCUT2D eigenvalue weighted by Crippen LogP contribution is 2.30. The summed E-state index contributed by atoms with van der Waals surface area (Å²) in [6.07, 6.45) is 7.44. The molecule has 2 heterocycles. The lowest BCUT2D eigenvalue weighted by molar-refractivity contribution is 0.0233. The van der Waals surface area contributed by atoms with E-state index in [0.717, 1.165) is 25.6 Å². The minimum Gasteiger partial charge on any atom is -0.372 e. The molecule has 3 nitrogen and oxygen atoms in total. The minimum absolute atomic E-state index is 0.442. The van der Waals surface area contributed by atoms with E-state index in [9.17, 15) is 0 Å². The van der Waals surface area contributed by atoms with Gasteiger partial charge in [-0.15, -0.1) is 0 Å². The maximum atomic E-state index is 6.23. The zero-order valence-corrected chi connectivity index (χ0v) is 14.7. The molecule has 0 aromatic heterocycles. The number of nitrogens with zero attached hydrogens (tertiary/aromatic N) is 1. The van der Waals surface area contributed by atoms with Crippen LogP contribution >= 0.6 is 0 Å². The van der Waals surface area contributed by atoms with Crippen LogP contribution in [0.1, 0.15) is 59.8 Å². The second kappa shape index (κ2) is 7.94. The average Bonchev–Trinajstić information content (AvgIpc) is 2.75. The summed E-state index contributed by atoms with van der Waals surface area (Å²) in [5, 5.41) is 3.53. The first-order valence-electron chi connectivity index (χ1n) is 9.03. The number of hydrogen-bond acceptors (Lipinski definition) is 3. The second-order valence-electron chi connectivity index (χ2n) is 8.33. The van der Waals surface area contributed by atoms with Crippen molar-refractivity contribution in [1.82, 2.24) is 10.2 Å². The van der Waals surface area contributed by atoms with Gasteiger partial charge in [-0.3, -0.25) is 0 Å². The van der Waals surface area contributed by atoms with E-state index in [-0.39, 0.29) is 0 Å². The third-order valence-electron chi connectivity index (χ3n) is 5.01. The van der Waals surface area contributed by atoms with Gasteiger partial charge in [-0.05, 0) is 63.1 Å². The molecule has 1 N–H and O–H groups in total. The van der Waals surface area contributed by atoms with Crippen molar-refractivity contribution in [3.8, 4) is 0 Å². The lowest BCUT2D eigenvalue weighted by Gasteiger charge is -2.25. The molecule has 21 heavy (non-hydrogen) atoms. The molecule has 0 bridgehead atoms. The normalized spacial score (nSPS) is 30.7. The van der Waals surface area contributed by atoms with Gasteiger partial charge < -0.3 is 15.0 Å². The van der Waals surface area contributed by atoms with Crippen LogP contribution in [0.15, 0.2) is 0 Å². The highest BCUT2D eigenvalue weighted by Gasteiger charge is 2.29. The van der Waals surface area contributed by atoms with Crippen molar-refractivity contribution in [2.45, 2.75) is 72.0 Å². The SMILES string of the molecule is CC(C)CNCC1CCC(CN2CCCC(C)(C)CC2)O1. The Bertz CT molecular complexity index is 304. The molecule has 2 aliphatic rings. The fraction of sp³-hybridized carbons (Fsp3) is 1.00. The van der Waals surface area contributed by atoms with E-state index in [0.29, 0.717) is 17.6 Å². The van der Waals surface area contributed by atoms with Crippen molar-refractivity contribution >= 4 is 0 Å². The number of nitrogens with one attached hydrogen (secondary N) is 1. The van der Waals surface area contributed by atoms with Crippen LogP contribution in [0.2, 0.25) is 0 Å². The van der Waals surface area contributed by atoms with Crippen LogP contribution in [0.4, 0.5) is 0 Å². The standard InChI is InChI=1S/C18H36N2O/c1-15(2)12-19-13-16-6-7-17(21-16)14-20-10-5-8-18(3,4)9-11-20/h15-17,19H,5-14H2,1-4H3. The Morgan fingerprint density at radius 2 is 1.90 bits per heavy atom. The molecule has 0 amide bonds. The number of rotatable bonds is 6. The topological polar surface area (TPSA) is 24.5 Å². The zero-order valence-electron chi connectivity index (χ0n) is 14.7. The molecule has 124 valence electrons. The fourth-order valence-corrected chi connectivity index (χ4v) is 3.55. The lowest BCUT2D eigenvalue weighted by atomic mass is 9.85. The largest absolute Gasteiger partial charge is 0.372 e. The number of hydrogen-bond donors (Lipinski definition) is 1. The first kappa shape index (κ1) is 17.2. The smallest absolute Gasteiger partial charge is 0.0707 e. The van der Waals surface area contributed by atoms with Gasteiger partial charge in [0.25, 0.3) is 0 Å². The lowest BCUT2D eigenvalue weighted by Crippen LogP contribution is -2.35. The van der Waals surface area contributed by atoms with Crippen molar-refractivity contribution in [1.29, 1.82) is 0 Å². The Morgan fingerprint density at radius 3 is 2.67 bits per heavy atom. The Balaban J connectivity index is 1.65. The van der Waals surface area contributed by atoms with Crippen molar-refractivity contribution in [2.75, 3.05) is 32.7 Å². The van der Waals surface area contributed by atoms with Crippen molar-refractivity contribution in [3.63, 3.8) is 0 Å². The first-order chi connectivity index (χ1) is 9.94. The predicted molar refractivity (Wildman–Crippen MR) is 89.7 cm³/mol. The summed E-state index contributed by atoms with van der Waals surface area (Å²) >= 11 is 0. The van der Waals surface area contributed by atoms with Crippen molar-refractivity contribution < 1.29 is 4.74 Å².